The Hall–Kier alpha value is -2.63. The Kier molecular flexibility index (Phi) is 4.72. The molecule has 0 fully saturated rings. The Balaban J connectivity index is 1.68. The predicted octanol–water partition coefficient (Wildman–Crippen LogP) is 3.72. The molecule has 2 aromatic carbocycles. The van der Waals surface area contributed by atoms with Crippen LogP contribution in [0.3, 0.4) is 0 Å². The van der Waals surface area contributed by atoms with E-state index in [4.69, 9.17) is 14.2 Å². The number of benzene rings is 2. The highest BCUT2D eigenvalue weighted by Crippen LogP contribution is 2.43. The average molecular weight is 365 g/mol. The summed E-state index contributed by atoms with van der Waals surface area (Å²) in [4.78, 5) is 15.1. The molecular weight excluding hydrogens is 342 g/mol. The van der Waals surface area contributed by atoms with Crippen molar-refractivity contribution in [2.75, 3.05) is 27.0 Å². The maximum absolute atomic E-state index is 13.0. The molecule has 0 unspecified atom stereocenters. The van der Waals surface area contributed by atoms with Gasteiger partial charge in [-0.1, -0.05) is 29.8 Å². The Morgan fingerprint density at radius 3 is 2.74 bits per heavy atom. The molecule has 2 aliphatic heterocycles. The first-order valence-corrected chi connectivity index (χ1v) is 9.08. The third-order valence-corrected chi connectivity index (χ3v) is 4.97. The van der Waals surface area contributed by atoms with Crippen LogP contribution in [0, 0.1) is 13.8 Å². The van der Waals surface area contributed by atoms with Crippen molar-refractivity contribution in [1.82, 2.24) is 4.90 Å². The van der Waals surface area contributed by atoms with E-state index in [1.165, 1.54) is 5.56 Å². The highest BCUT2D eigenvalue weighted by Gasteiger charge is 2.35. The van der Waals surface area contributed by atoms with Crippen molar-refractivity contribution >= 4 is 11.9 Å². The molecular formula is C22H23NO4. The number of hydrogen-bond donors (Lipinski definition) is 0. The van der Waals surface area contributed by atoms with Crippen molar-refractivity contribution in [3.63, 3.8) is 0 Å². The number of carbonyl (C=O) groups excluding carboxylic acids is 1. The van der Waals surface area contributed by atoms with Crippen molar-refractivity contribution in [3.8, 4) is 11.5 Å². The van der Waals surface area contributed by atoms with Crippen molar-refractivity contribution < 1.29 is 19.0 Å². The number of hydrogen-bond acceptors (Lipinski definition) is 5. The lowest BCUT2D eigenvalue weighted by molar-refractivity contribution is 0.0646. The summed E-state index contributed by atoms with van der Waals surface area (Å²) in [6.45, 7) is 6.54. The highest BCUT2D eigenvalue weighted by atomic mass is 16.5. The van der Waals surface area contributed by atoms with Crippen molar-refractivity contribution in [3.05, 3.63) is 63.9 Å². The lowest BCUT2D eigenvalue weighted by Crippen LogP contribution is -2.34. The van der Waals surface area contributed by atoms with Gasteiger partial charge in [0.2, 0.25) is 5.78 Å². The van der Waals surface area contributed by atoms with Crippen LogP contribution < -0.4 is 9.47 Å². The minimum Gasteiger partial charge on any atom is -0.478 e. The van der Waals surface area contributed by atoms with Gasteiger partial charge in [-0.3, -0.25) is 9.69 Å². The molecule has 0 spiro atoms. The van der Waals surface area contributed by atoms with Gasteiger partial charge in [0, 0.05) is 20.2 Å². The van der Waals surface area contributed by atoms with Crippen LogP contribution in [0.5, 0.6) is 11.5 Å². The lowest BCUT2D eigenvalue weighted by Gasteiger charge is -2.29. The number of fused-ring (bicyclic) bond motifs is 3. The normalized spacial score (nSPS) is 17.4. The third-order valence-electron chi connectivity index (χ3n) is 4.97. The van der Waals surface area contributed by atoms with Gasteiger partial charge in [-0.2, -0.15) is 0 Å². The van der Waals surface area contributed by atoms with Crippen molar-refractivity contribution in [2.24, 2.45) is 0 Å². The zero-order valence-electron chi connectivity index (χ0n) is 15.9. The van der Waals surface area contributed by atoms with E-state index in [0.29, 0.717) is 37.0 Å². The number of rotatable bonds is 4. The standard InChI is InChI=1S/C22H23NO4/c1-14-4-6-16(7-5-14)11-19-21(24)20-15(2)10-18-17(22(20)27-19)12-23(13-26-18)8-9-25-3/h4-7,10-11H,8-9,12-13H2,1-3H3/b19-11-. The molecule has 0 atom stereocenters. The number of allylic oxidation sites excluding steroid dienone is 1. The van der Waals surface area contributed by atoms with Crippen LogP contribution >= 0.6 is 0 Å². The van der Waals surface area contributed by atoms with Crippen LogP contribution in [0.15, 0.2) is 36.1 Å². The maximum atomic E-state index is 13.0. The van der Waals surface area contributed by atoms with Crippen LogP contribution in [-0.2, 0) is 11.3 Å². The van der Waals surface area contributed by atoms with Crippen LogP contribution in [0.2, 0.25) is 0 Å². The molecule has 2 aromatic rings. The molecule has 2 aliphatic rings. The summed E-state index contributed by atoms with van der Waals surface area (Å²) in [5, 5.41) is 0. The van der Waals surface area contributed by atoms with Crippen molar-refractivity contribution in [1.29, 1.82) is 0 Å². The van der Waals surface area contributed by atoms with Gasteiger partial charge in [0.15, 0.2) is 5.76 Å². The van der Waals surface area contributed by atoms with Gasteiger partial charge in [0.05, 0.1) is 17.7 Å². The van der Waals surface area contributed by atoms with Gasteiger partial charge in [-0.05, 0) is 37.1 Å². The number of aryl methyl sites for hydroxylation is 2. The van der Waals surface area contributed by atoms with Gasteiger partial charge < -0.3 is 14.2 Å². The first-order valence-electron chi connectivity index (χ1n) is 9.08. The third kappa shape index (κ3) is 3.36. The molecule has 0 radical (unpaired) electrons. The topological polar surface area (TPSA) is 48.0 Å². The molecule has 0 N–H and O–H groups in total. The molecule has 5 nitrogen and oxygen atoms in total. The molecule has 4 rings (SSSR count). The van der Waals surface area contributed by atoms with Gasteiger partial charge in [0.1, 0.15) is 18.2 Å². The van der Waals surface area contributed by atoms with E-state index in [1.54, 1.807) is 13.2 Å². The SMILES string of the molecule is COCCN1COc2cc(C)c3c(c2C1)O/C(=C\c1ccc(C)cc1)C3=O. The Bertz CT molecular complexity index is 915. The molecule has 0 aliphatic carbocycles. The Labute approximate surface area is 159 Å². The van der Waals surface area contributed by atoms with Crippen LogP contribution in [0.1, 0.15) is 32.6 Å². The Morgan fingerprint density at radius 1 is 1.22 bits per heavy atom. The summed E-state index contributed by atoms with van der Waals surface area (Å²) >= 11 is 0. The monoisotopic (exact) mass is 365 g/mol. The minimum absolute atomic E-state index is 0.0695. The van der Waals surface area contributed by atoms with E-state index >= 15 is 0 Å². The van der Waals surface area contributed by atoms with E-state index in [2.05, 4.69) is 4.90 Å². The zero-order valence-corrected chi connectivity index (χ0v) is 15.9. The number of ketones is 1. The van der Waals surface area contributed by atoms with Crippen LogP contribution in [-0.4, -0.2) is 37.7 Å². The second-order valence-corrected chi connectivity index (χ2v) is 7.04. The van der Waals surface area contributed by atoms with E-state index in [9.17, 15) is 4.79 Å². The highest BCUT2D eigenvalue weighted by molar-refractivity contribution is 6.15. The van der Waals surface area contributed by atoms with Crippen molar-refractivity contribution in [2.45, 2.75) is 20.4 Å². The van der Waals surface area contributed by atoms with Gasteiger partial charge in [-0.15, -0.1) is 0 Å². The fourth-order valence-corrected chi connectivity index (χ4v) is 3.45. The lowest BCUT2D eigenvalue weighted by atomic mass is 9.98. The first-order chi connectivity index (χ1) is 13.1. The van der Waals surface area contributed by atoms with Crippen LogP contribution in [0.4, 0.5) is 0 Å². The second kappa shape index (κ2) is 7.18. The van der Waals surface area contributed by atoms with Gasteiger partial charge >= 0.3 is 0 Å². The number of ether oxygens (including phenoxy) is 3. The summed E-state index contributed by atoms with van der Waals surface area (Å²) in [6, 6.07) is 9.96. The first kappa shape index (κ1) is 17.8. The average Bonchev–Trinajstić information content (AvgIpc) is 2.99. The molecule has 0 bridgehead atoms. The largest absolute Gasteiger partial charge is 0.478 e. The van der Waals surface area contributed by atoms with E-state index in [-0.39, 0.29) is 5.78 Å². The van der Waals surface area contributed by atoms with E-state index < -0.39 is 0 Å². The molecule has 0 aromatic heterocycles. The number of methoxy groups -OCH3 is 1. The quantitative estimate of drug-likeness (QED) is 0.773. The summed E-state index contributed by atoms with van der Waals surface area (Å²) < 4.78 is 17.1. The fourth-order valence-electron chi connectivity index (χ4n) is 3.45. The van der Waals surface area contributed by atoms with E-state index in [1.807, 2.05) is 44.2 Å². The molecule has 140 valence electrons. The van der Waals surface area contributed by atoms with E-state index in [0.717, 1.165) is 29.0 Å². The maximum Gasteiger partial charge on any atom is 0.232 e. The molecule has 0 saturated heterocycles. The molecule has 0 amide bonds. The smallest absolute Gasteiger partial charge is 0.232 e. The minimum atomic E-state index is -0.0695. The molecule has 0 saturated carbocycles. The molecule has 2 heterocycles. The van der Waals surface area contributed by atoms with Gasteiger partial charge in [-0.25, -0.2) is 0 Å². The summed E-state index contributed by atoms with van der Waals surface area (Å²) in [7, 11) is 1.68. The number of Topliss-reactive ketones (excluding diaryl/α,β-unsaturated/α-hetero) is 1. The number of nitrogens with zero attached hydrogens (tertiary/aromatic N) is 1. The fraction of sp³-hybridized carbons (Fsp3) is 0.318. The summed E-state index contributed by atoms with van der Waals surface area (Å²) in [5.41, 5.74) is 4.58. The second-order valence-electron chi connectivity index (χ2n) is 7.04. The predicted molar refractivity (Wildman–Crippen MR) is 103 cm³/mol. The zero-order chi connectivity index (χ0) is 19.0. The summed E-state index contributed by atoms with van der Waals surface area (Å²) in [6.07, 6.45) is 1.81. The van der Waals surface area contributed by atoms with Crippen LogP contribution in [0.25, 0.3) is 6.08 Å². The molecule has 27 heavy (non-hydrogen) atoms. The summed E-state index contributed by atoms with van der Waals surface area (Å²) in [5.74, 6) is 1.72. The van der Waals surface area contributed by atoms with Gasteiger partial charge in [0.25, 0.3) is 0 Å². The molecule has 5 heteroatoms. The Morgan fingerprint density at radius 2 is 2.00 bits per heavy atom. The number of carbonyl (C=O) groups is 1.